The van der Waals surface area contributed by atoms with Crippen molar-refractivity contribution in [2.24, 2.45) is 0 Å². The predicted octanol–water partition coefficient (Wildman–Crippen LogP) is 4.01. The Morgan fingerprint density at radius 1 is 1.30 bits per heavy atom. The van der Waals surface area contributed by atoms with Crippen LogP contribution in [0.3, 0.4) is 0 Å². The van der Waals surface area contributed by atoms with Gasteiger partial charge in [-0.3, -0.25) is 9.59 Å². The number of nitrogens with zero attached hydrogens (tertiary/aromatic N) is 2. The van der Waals surface area contributed by atoms with Crippen molar-refractivity contribution in [2.45, 2.75) is 45.7 Å². The standard InChI is InChI=1S/C21H25FN2O2S/c1-4-14(2)24(15(3)25)13-20(26)23-11-9-19-18(10-12-27-19)21(23)16-5-7-17(22)8-6-16/h5-8,10,12,14,21H,4,9,11,13H2,1-3H3/t14-,21+/m1/s1. The first-order valence-electron chi connectivity index (χ1n) is 9.30. The van der Waals surface area contributed by atoms with E-state index < -0.39 is 0 Å². The minimum atomic E-state index is -0.294. The van der Waals surface area contributed by atoms with Crippen molar-refractivity contribution < 1.29 is 14.0 Å². The van der Waals surface area contributed by atoms with E-state index in [0.717, 1.165) is 24.0 Å². The van der Waals surface area contributed by atoms with Gasteiger partial charge in [0.2, 0.25) is 11.8 Å². The second-order valence-corrected chi connectivity index (χ2v) is 8.00. The fourth-order valence-corrected chi connectivity index (χ4v) is 4.53. The maximum absolute atomic E-state index is 13.4. The Morgan fingerprint density at radius 2 is 2.00 bits per heavy atom. The maximum Gasteiger partial charge on any atom is 0.243 e. The van der Waals surface area contributed by atoms with E-state index in [1.54, 1.807) is 28.4 Å². The van der Waals surface area contributed by atoms with Gasteiger partial charge >= 0.3 is 0 Å². The van der Waals surface area contributed by atoms with Gasteiger partial charge in [0, 0.05) is 24.4 Å². The van der Waals surface area contributed by atoms with Crippen LogP contribution in [0.4, 0.5) is 4.39 Å². The summed E-state index contributed by atoms with van der Waals surface area (Å²) >= 11 is 1.69. The van der Waals surface area contributed by atoms with Gasteiger partial charge in [0.05, 0.1) is 6.04 Å². The molecule has 0 unspecified atom stereocenters. The molecule has 2 amide bonds. The van der Waals surface area contributed by atoms with E-state index in [-0.39, 0.29) is 36.3 Å². The van der Waals surface area contributed by atoms with E-state index >= 15 is 0 Å². The van der Waals surface area contributed by atoms with Gasteiger partial charge in [0.1, 0.15) is 12.4 Å². The lowest BCUT2D eigenvalue weighted by Crippen LogP contribution is -2.48. The van der Waals surface area contributed by atoms with Gasteiger partial charge in [-0.1, -0.05) is 19.1 Å². The highest BCUT2D eigenvalue weighted by Gasteiger charge is 2.34. The molecule has 0 saturated carbocycles. The minimum Gasteiger partial charge on any atom is -0.331 e. The molecule has 1 aromatic heterocycles. The van der Waals surface area contributed by atoms with E-state index in [0.29, 0.717) is 6.54 Å². The smallest absolute Gasteiger partial charge is 0.243 e. The van der Waals surface area contributed by atoms with Crippen LogP contribution in [-0.2, 0) is 16.0 Å². The zero-order valence-corrected chi connectivity index (χ0v) is 16.8. The van der Waals surface area contributed by atoms with Crippen LogP contribution in [0.1, 0.15) is 49.2 Å². The number of amides is 2. The molecule has 1 aliphatic heterocycles. The molecular formula is C21H25FN2O2S. The molecule has 0 radical (unpaired) electrons. The molecule has 1 aliphatic rings. The predicted molar refractivity (Wildman–Crippen MR) is 105 cm³/mol. The number of fused-ring (bicyclic) bond motifs is 1. The van der Waals surface area contributed by atoms with Crippen LogP contribution in [0.25, 0.3) is 0 Å². The maximum atomic E-state index is 13.4. The molecule has 144 valence electrons. The van der Waals surface area contributed by atoms with Crippen LogP contribution in [0, 0.1) is 5.82 Å². The number of hydrogen-bond donors (Lipinski definition) is 0. The average Bonchev–Trinajstić information content (AvgIpc) is 3.13. The van der Waals surface area contributed by atoms with Gasteiger partial charge in [-0.25, -0.2) is 4.39 Å². The average molecular weight is 389 g/mol. The van der Waals surface area contributed by atoms with Crippen LogP contribution in [0.15, 0.2) is 35.7 Å². The molecule has 0 spiro atoms. The molecule has 0 bridgehead atoms. The molecule has 1 aromatic carbocycles. The molecule has 2 atom stereocenters. The third-order valence-corrected chi connectivity index (χ3v) is 6.30. The molecule has 0 saturated heterocycles. The van der Waals surface area contributed by atoms with Crippen LogP contribution in [-0.4, -0.2) is 40.7 Å². The summed E-state index contributed by atoms with van der Waals surface area (Å²) in [5.74, 6) is -0.460. The van der Waals surface area contributed by atoms with Crippen molar-refractivity contribution in [3.63, 3.8) is 0 Å². The van der Waals surface area contributed by atoms with Crippen LogP contribution in [0.5, 0.6) is 0 Å². The highest BCUT2D eigenvalue weighted by molar-refractivity contribution is 7.10. The van der Waals surface area contributed by atoms with E-state index in [1.807, 2.05) is 30.2 Å². The van der Waals surface area contributed by atoms with Gasteiger partial charge in [0.15, 0.2) is 0 Å². The second-order valence-electron chi connectivity index (χ2n) is 6.99. The summed E-state index contributed by atoms with van der Waals surface area (Å²) in [5, 5.41) is 2.04. The third-order valence-electron chi connectivity index (χ3n) is 5.30. The van der Waals surface area contributed by atoms with E-state index in [4.69, 9.17) is 0 Å². The minimum absolute atomic E-state index is 0.0113. The fourth-order valence-electron chi connectivity index (χ4n) is 3.62. The Bertz CT molecular complexity index is 818. The number of thiophene rings is 1. The van der Waals surface area contributed by atoms with Crippen LogP contribution < -0.4 is 0 Å². The van der Waals surface area contributed by atoms with E-state index in [2.05, 4.69) is 0 Å². The molecule has 6 heteroatoms. The number of benzene rings is 1. The van der Waals surface area contributed by atoms with Gasteiger partial charge in [-0.15, -0.1) is 11.3 Å². The first kappa shape index (κ1) is 19.5. The molecule has 0 aliphatic carbocycles. The zero-order chi connectivity index (χ0) is 19.6. The summed E-state index contributed by atoms with van der Waals surface area (Å²) in [4.78, 5) is 29.9. The highest BCUT2D eigenvalue weighted by atomic mass is 32.1. The SMILES string of the molecule is CC[C@@H](C)N(CC(=O)N1CCc2sccc2[C@@H]1c1ccc(F)cc1)C(C)=O. The number of carbonyl (C=O) groups excluding carboxylic acids is 2. The van der Waals surface area contributed by atoms with E-state index in [1.165, 1.54) is 23.9 Å². The van der Waals surface area contributed by atoms with Gasteiger partial charge < -0.3 is 9.80 Å². The van der Waals surface area contributed by atoms with Crippen molar-refractivity contribution in [1.82, 2.24) is 9.80 Å². The van der Waals surface area contributed by atoms with Gasteiger partial charge in [-0.05, 0) is 54.5 Å². The first-order chi connectivity index (χ1) is 12.9. The quantitative estimate of drug-likeness (QED) is 0.777. The third kappa shape index (κ3) is 4.05. The number of halogens is 1. The largest absolute Gasteiger partial charge is 0.331 e. The van der Waals surface area contributed by atoms with Crippen LogP contribution >= 0.6 is 11.3 Å². The molecule has 4 nitrogen and oxygen atoms in total. The van der Waals surface area contributed by atoms with Crippen LogP contribution in [0.2, 0.25) is 0 Å². The first-order valence-corrected chi connectivity index (χ1v) is 10.2. The number of rotatable bonds is 5. The monoisotopic (exact) mass is 388 g/mol. The molecule has 2 heterocycles. The Morgan fingerprint density at radius 3 is 2.63 bits per heavy atom. The Balaban J connectivity index is 1.91. The Kier molecular flexibility index (Phi) is 5.95. The molecule has 3 rings (SSSR count). The molecule has 27 heavy (non-hydrogen) atoms. The lowest BCUT2D eigenvalue weighted by atomic mass is 9.93. The zero-order valence-electron chi connectivity index (χ0n) is 15.9. The van der Waals surface area contributed by atoms with Crippen molar-refractivity contribution in [3.8, 4) is 0 Å². The summed E-state index contributed by atoms with van der Waals surface area (Å²) in [7, 11) is 0. The highest BCUT2D eigenvalue weighted by Crippen LogP contribution is 2.37. The normalized spacial score (nSPS) is 17.3. The van der Waals surface area contributed by atoms with E-state index in [9.17, 15) is 14.0 Å². The lowest BCUT2D eigenvalue weighted by Gasteiger charge is -2.38. The molecule has 2 aromatic rings. The Hall–Kier alpha value is -2.21. The molecule has 0 fully saturated rings. The summed E-state index contributed by atoms with van der Waals surface area (Å²) in [6, 6.07) is 8.16. The topological polar surface area (TPSA) is 40.6 Å². The second kappa shape index (κ2) is 8.21. The van der Waals surface area contributed by atoms with Crippen molar-refractivity contribution in [1.29, 1.82) is 0 Å². The summed E-state index contributed by atoms with van der Waals surface area (Å²) < 4.78 is 13.4. The molecule has 0 N–H and O–H groups in total. The number of hydrogen-bond acceptors (Lipinski definition) is 3. The Labute approximate surface area is 163 Å². The summed E-state index contributed by atoms with van der Waals surface area (Å²) in [6.07, 6.45) is 1.60. The number of carbonyl (C=O) groups is 2. The van der Waals surface area contributed by atoms with Gasteiger partial charge in [-0.2, -0.15) is 0 Å². The lowest BCUT2D eigenvalue weighted by molar-refractivity contribution is -0.142. The summed E-state index contributed by atoms with van der Waals surface area (Å²) in [6.45, 7) is 6.14. The molecular weight excluding hydrogens is 363 g/mol. The fraction of sp³-hybridized carbons (Fsp3) is 0.429. The van der Waals surface area contributed by atoms with Crippen molar-refractivity contribution >= 4 is 23.2 Å². The van der Waals surface area contributed by atoms with Crippen molar-refractivity contribution in [3.05, 3.63) is 57.5 Å². The van der Waals surface area contributed by atoms with Gasteiger partial charge in [0.25, 0.3) is 0 Å². The van der Waals surface area contributed by atoms with Crippen molar-refractivity contribution in [2.75, 3.05) is 13.1 Å². The summed E-state index contributed by atoms with van der Waals surface area (Å²) in [5.41, 5.74) is 1.99.